The molecule has 0 radical (unpaired) electrons. The SMILES string of the molecule is [C-]#[N+]CCC1CCCCC1C(F)F. The molecular formula is C10H15F2N. The monoisotopic (exact) mass is 187 g/mol. The van der Waals surface area contributed by atoms with Gasteiger partial charge < -0.3 is 4.85 Å². The fourth-order valence-electron chi connectivity index (χ4n) is 2.16. The van der Waals surface area contributed by atoms with E-state index in [0.717, 1.165) is 19.3 Å². The zero-order valence-electron chi connectivity index (χ0n) is 7.68. The fourth-order valence-corrected chi connectivity index (χ4v) is 2.16. The third kappa shape index (κ3) is 2.95. The highest BCUT2D eigenvalue weighted by Gasteiger charge is 2.32. The van der Waals surface area contributed by atoms with Crippen LogP contribution in [0, 0.1) is 18.4 Å². The molecule has 1 rings (SSSR count). The van der Waals surface area contributed by atoms with Gasteiger partial charge in [0.15, 0.2) is 0 Å². The van der Waals surface area contributed by atoms with Crippen molar-refractivity contribution in [1.82, 2.24) is 0 Å². The van der Waals surface area contributed by atoms with E-state index in [4.69, 9.17) is 6.57 Å². The van der Waals surface area contributed by atoms with Crippen molar-refractivity contribution in [3.63, 3.8) is 0 Å². The van der Waals surface area contributed by atoms with Crippen molar-refractivity contribution in [2.45, 2.75) is 38.5 Å². The normalized spacial score (nSPS) is 28.8. The van der Waals surface area contributed by atoms with Crippen LogP contribution in [0.1, 0.15) is 32.1 Å². The lowest BCUT2D eigenvalue weighted by molar-refractivity contribution is 0.0199. The summed E-state index contributed by atoms with van der Waals surface area (Å²) in [6.07, 6.45) is 2.02. The molecule has 2 atom stereocenters. The number of halogens is 2. The van der Waals surface area contributed by atoms with Crippen molar-refractivity contribution in [3.05, 3.63) is 11.4 Å². The molecule has 0 amide bonds. The van der Waals surface area contributed by atoms with Gasteiger partial charge in [0.2, 0.25) is 13.0 Å². The van der Waals surface area contributed by atoms with E-state index in [0.29, 0.717) is 19.4 Å². The molecule has 0 heterocycles. The summed E-state index contributed by atoms with van der Waals surface area (Å²) in [5.74, 6) is -0.335. The average Bonchev–Trinajstić information content (AvgIpc) is 2.15. The van der Waals surface area contributed by atoms with E-state index in [9.17, 15) is 8.78 Å². The predicted octanol–water partition coefficient (Wildman–Crippen LogP) is 3.37. The van der Waals surface area contributed by atoms with E-state index in [2.05, 4.69) is 4.85 Å². The number of rotatable bonds is 3. The first-order chi connectivity index (χ1) is 6.25. The molecule has 13 heavy (non-hydrogen) atoms. The van der Waals surface area contributed by atoms with E-state index < -0.39 is 12.3 Å². The van der Waals surface area contributed by atoms with Gasteiger partial charge in [0.25, 0.3) is 0 Å². The molecule has 0 aromatic heterocycles. The molecule has 0 N–H and O–H groups in total. The maximum atomic E-state index is 12.5. The molecule has 1 aliphatic rings. The maximum absolute atomic E-state index is 12.5. The Balaban J connectivity index is 2.42. The Labute approximate surface area is 78.0 Å². The summed E-state index contributed by atoms with van der Waals surface area (Å²) in [7, 11) is 0. The smallest absolute Gasteiger partial charge is 0.241 e. The van der Waals surface area contributed by atoms with Crippen molar-refractivity contribution in [3.8, 4) is 0 Å². The van der Waals surface area contributed by atoms with Crippen LogP contribution in [0.15, 0.2) is 0 Å². The molecule has 0 bridgehead atoms. The Morgan fingerprint density at radius 3 is 2.62 bits per heavy atom. The summed E-state index contributed by atoms with van der Waals surface area (Å²) in [6.45, 7) is 7.04. The van der Waals surface area contributed by atoms with Gasteiger partial charge in [0, 0.05) is 12.3 Å². The highest BCUT2D eigenvalue weighted by molar-refractivity contribution is 4.79. The van der Waals surface area contributed by atoms with Crippen molar-refractivity contribution in [2.24, 2.45) is 11.8 Å². The molecule has 2 unspecified atom stereocenters. The Hall–Kier alpha value is -0.650. The topological polar surface area (TPSA) is 4.36 Å². The quantitative estimate of drug-likeness (QED) is 0.597. The van der Waals surface area contributed by atoms with Crippen LogP contribution >= 0.6 is 0 Å². The second kappa shape index (κ2) is 5.16. The second-order valence-corrected chi connectivity index (χ2v) is 3.71. The summed E-state index contributed by atoms with van der Waals surface area (Å²) >= 11 is 0. The first-order valence-corrected chi connectivity index (χ1v) is 4.87. The van der Waals surface area contributed by atoms with Crippen LogP contribution in [0.3, 0.4) is 0 Å². The Morgan fingerprint density at radius 2 is 2.00 bits per heavy atom. The molecule has 1 saturated carbocycles. The highest BCUT2D eigenvalue weighted by Crippen LogP contribution is 2.36. The van der Waals surface area contributed by atoms with Crippen LogP contribution in [-0.4, -0.2) is 13.0 Å². The van der Waals surface area contributed by atoms with Gasteiger partial charge in [0.1, 0.15) is 0 Å². The molecule has 0 aliphatic heterocycles. The minimum Gasteiger partial charge on any atom is -0.317 e. The number of hydrogen-bond donors (Lipinski definition) is 0. The lowest BCUT2D eigenvalue weighted by atomic mass is 9.78. The lowest BCUT2D eigenvalue weighted by Crippen LogP contribution is -2.26. The van der Waals surface area contributed by atoms with Gasteiger partial charge >= 0.3 is 0 Å². The van der Waals surface area contributed by atoms with Gasteiger partial charge in [-0.05, 0) is 18.8 Å². The molecule has 0 saturated heterocycles. The summed E-state index contributed by atoms with van der Waals surface area (Å²) in [5.41, 5.74) is 0. The molecule has 0 aromatic carbocycles. The highest BCUT2D eigenvalue weighted by atomic mass is 19.3. The zero-order valence-corrected chi connectivity index (χ0v) is 7.68. The van der Waals surface area contributed by atoms with Crippen LogP contribution in [0.25, 0.3) is 4.85 Å². The predicted molar refractivity (Wildman–Crippen MR) is 47.5 cm³/mol. The van der Waals surface area contributed by atoms with E-state index in [1.165, 1.54) is 0 Å². The molecule has 3 heteroatoms. The zero-order chi connectivity index (χ0) is 9.68. The largest absolute Gasteiger partial charge is 0.317 e. The summed E-state index contributed by atoms with van der Waals surface area (Å²) in [4.78, 5) is 3.23. The van der Waals surface area contributed by atoms with Gasteiger partial charge in [-0.15, -0.1) is 0 Å². The van der Waals surface area contributed by atoms with Crippen molar-refractivity contribution in [1.29, 1.82) is 0 Å². The second-order valence-electron chi connectivity index (χ2n) is 3.71. The van der Waals surface area contributed by atoms with Gasteiger partial charge in [-0.25, -0.2) is 15.4 Å². The Morgan fingerprint density at radius 1 is 1.31 bits per heavy atom. The summed E-state index contributed by atoms with van der Waals surface area (Å²) in [5, 5.41) is 0. The fraction of sp³-hybridized carbons (Fsp3) is 0.900. The van der Waals surface area contributed by atoms with Crippen LogP contribution < -0.4 is 0 Å². The first kappa shape index (κ1) is 10.4. The first-order valence-electron chi connectivity index (χ1n) is 4.87. The van der Waals surface area contributed by atoms with Crippen molar-refractivity contribution >= 4 is 0 Å². The van der Waals surface area contributed by atoms with Crippen molar-refractivity contribution < 1.29 is 8.78 Å². The molecule has 0 aromatic rings. The van der Waals surface area contributed by atoms with E-state index >= 15 is 0 Å². The minimum atomic E-state index is -2.18. The summed E-state index contributed by atoms with van der Waals surface area (Å²) < 4.78 is 25.0. The molecule has 74 valence electrons. The number of nitrogens with zero attached hydrogens (tertiary/aromatic N) is 1. The minimum absolute atomic E-state index is 0.0999. The van der Waals surface area contributed by atoms with Crippen LogP contribution in [0.2, 0.25) is 0 Å². The maximum Gasteiger partial charge on any atom is 0.241 e. The van der Waals surface area contributed by atoms with E-state index in [1.807, 2.05) is 0 Å². The van der Waals surface area contributed by atoms with E-state index in [-0.39, 0.29) is 5.92 Å². The van der Waals surface area contributed by atoms with E-state index in [1.54, 1.807) is 0 Å². The Kier molecular flexibility index (Phi) is 4.14. The number of hydrogen-bond acceptors (Lipinski definition) is 0. The van der Waals surface area contributed by atoms with Gasteiger partial charge in [0.05, 0.1) is 0 Å². The van der Waals surface area contributed by atoms with Gasteiger partial charge in [-0.2, -0.15) is 0 Å². The standard InChI is InChI=1S/C10H15F2N/c1-13-7-6-8-4-2-3-5-9(8)10(11)12/h8-10H,2-7H2. The molecule has 1 nitrogen and oxygen atoms in total. The van der Waals surface area contributed by atoms with Gasteiger partial charge in [-0.1, -0.05) is 12.8 Å². The lowest BCUT2D eigenvalue weighted by Gasteiger charge is -2.29. The molecular weight excluding hydrogens is 172 g/mol. The Bertz CT molecular complexity index is 186. The summed E-state index contributed by atoms with van der Waals surface area (Å²) in [6, 6.07) is 0. The third-order valence-electron chi connectivity index (χ3n) is 2.90. The molecule has 1 aliphatic carbocycles. The van der Waals surface area contributed by atoms with Crippen LogP contribution in [-0.2, 0) is 0 Å². The van der Waals surface area contributed by atoms with Crippen LogP contribution in [0.4, 0.5) is 8.78 Å². The third-order valence-corrected chi connectivity index (χ3v) is 2.90. The average molecular weight is 187 g/mol. The van der Waals surface area contributed by atoms with Crippen molar-refractivity contribution in [2.75, 3.05) is 6.54 Å². The molecule has 1 fully saturated rings. The number of alkyl halides is 2. The van der Waals surface area contributed by atoms with Crippen LogP contribution in [0.5, 0.6) is 0 Å². The van der Waals surface area contributed by atoms with Gasteiger partial charge in [-0.3, -0.25) is 0 Å². The molecule has 0 spiro atoms.